The number of likely N-dealkylation sites (N-methyl/N-ethyl adjacent to an activating group) is 1. The number of nitrogens with zero attached hydrogens (tertiary/aromatic N) is 4. The first-order chi connectivity index (χ1) is 30.7. The van der Waals surface area contributed by atoms with Crippen molar-refractivity contribution in [3.63, 3.8) is 0 Å². The summed E-state index contributed by atoms with van der Waals surface area (Å²) in [5, 5.41) is 28.6. The first kappa shape index (κ1) is 44.1. The van der Waals surface area contributed by atoms with E-state index in [2.05, 4.69) is 15.5 Å². The van der Waals surface area contributed by atoms with E-state index in [9.17, 15) is 29.4 Å². The Bertz CT molecular complexity index is 2480. The first-order valence-electron chi connectivity index (χ1n) is 20.8. The van der Waals surface area contributed by atoms with Gasteiger partial charge in [0.2, 0.25) is 0 Å². The lowest BCUT2D eigenvalue weighted by Crippen LogP contribution is -2.52. The Hall–Kier alpha value is -7.00. The van der Waals surface area contributed by atoms with Crippen LogP contribution < -0.4 is 20.7 Å². The van der Waals surface area contributed by atoms with Gasteiger partial charge in [0, 0.05) is 64.0 Å². The Morgan fingerprint density at radius 2 is 1.25 bits per heavy atom. The van der Waals surface area contributed by atoms with Gasteiger partial charge in [-0.2, -0.15) is 10.0 Å². The maximum Gasteiger partial charge on any atom is 0.434 e. The molecular weight excluding hydrogens is 817 g/mol. The van der Waals surface area contributed by atoms with Gasteiger partial charge in [-0.25, -0.2) is 9.59 Å². The van der Waals surface area contributed by atoms with E-state index in [0.717, 1.165) is 38.0 Å². The van der Waals surface area contributed by atoms with Gasteiger partial charge >= 0.3 is 12.2 Å². The number of carboxylic acid groups (broad SMARTS) is 1. The van der Waals surface area contributed by atoms with Crippen LogP contribution in [0, 0.1) is 0 Å². The normalized spacial score (nSPS) is 12.9. The maximum absolute atomic E-state index is 14.6. The van der Waals surface area contributed by atoms with Crippen molar-refractivity contribution in [2.24, 2.45) is 0 Å². The number of hydrazine groups is 1. The van der Waals surface area contributed by atoms with Gasteiger partial charge in [-0.05, 0) is 65.9 Å². The van der Waals surface area contributed by atoms with Gasteiger partial charge in [0.1, 0.15) is 11.9 Å². The number of rotatable bonds is 15. The van der Waals surface area contributed by atoms with E-state index < -0.39 is 18.3 Å². The minimum atomic E-state index is -1.36. The van der Waals surface area contributed by atoms with E-state index in [-0.39, 0.29) is 17.6 Å². The zero-order valence-electron chi connectivity index (χ0n) is 34.9. The second kappa shape index (κ2) is 21.2. The van der Waals surface area contributed by atoms with Crippen molar-refractivity contribution in [2.75, 3.05) is 56.3 Å². The highest BCUT2D eigenvalue weighted by atomic mass is 32.1. The molecule has 5 aromatic carbocycles. The molecule has 63 heavy (non-hydrogen) atoms. The molecule has 0 aliphatic carbocycles. The number of para-hydroxylation sites is 2. The number of carbonyl (C=O) groups excluding carboxylic acids is 3. The first-order valence-corrected chi connectivity index (χ1v) is 21.6. The number of nitrogens with one attached hydrogen (secondary N) is 2. The predicted octanol–water partition coefficient (Wildman–Crippen LogP) is 8.59. The molecule has 14 heteroatoms. The van der Waals surface area contributed by atoms with Crippen LogP contribution in [0.25, 0.3) is 22.3 Å². The average molecular weight is 867 g/mol. The molecular formula is C49H50N6O7S. The van der Waals surface area contributed by atoms with Crippen LogP contribution in [0.3, 0.4) is 0 Å². The molecule has 1 aliphatic heterocycles. The number of hydrogen-bond donors (Lipinski definition) is 4. The third kappa shape index (κ3) is 11.3. The van der Waals surface area contributed by atoms with Gasteiger partial charge in [0.05, 0.1) is 21.1 Å². The van der Waals surface area contributed by atoms with Crippen molar-refractivity contribution in [2.45, 2.75) is 25.5 Å². The molecule has 2 heterocycles. The van der Waals surface area contributed by atoms with Crippen molar-refractivity contribution >= 4 is 46.7 Å². The summed E-state index contributed by atoms with van der Waals surface area (Å²) in [5.74, 6) is -0.204. The number of amides is 4. The lowest BCUT2D eigenvalue weighted by Gasteiger charge is -2.37. The largest absolute Gasteiger partial charge is 0.508 e. The Labute approximate surface area is 370 Å². The average Bonchev–Trinajstić information content (AvgIpc) is 3.82. The Morgan fingerprint density at radius 3 is 1.86 bits per heavy atom. The third-order valence-corrected chi connectivity index (χ3v) is 11.9. The molecule has 0 spiro atoms. The van der Waals surface area contributed by atoms with Crippen LogP contribution >= 0.6 is 11.3 Å². The van der Waals surface area contributed by atoms with Gasteiger partial charge in [-0.15, -0.1) is 11.3 Å². The second-order valence-electron chi connectivity index (χ2n) is 15.1. The number of phenols is 1. The number of aromatic hydroxyl groups is 1. The molecule has 13 nitrogen and oxygen atoms in total. The monoisotopic (exact) mass is 866 g/mol. The number of phenolic OH excluding ortho intramolecular Hbond substituents is 1. The minimum Gasteiger partial charge on any atom is -0.508 e. The number of ether oxygens (including phenoxy) is 1. The third-order valence-electron chi connectivity index (χ3n) is 10.8. The molecule has 4 amide bonds. The second-order valence-corrected chi connectivity index (χ2v) is 16.2. The SMILES string of the molecule is CN(CCN1CCC(OC(=O)N(c2ccccc2-c2ccccc2)N(C(=O)O)c2ccccc2-c2ccccc2)CC1)C(=O)c1ccc(C(=O)NCCNCc2ccc(O)cc2)s1. The van der Waals surface area contributed by atoms with Gasteiger partial charge < -0.3 is 35.4 Å². The Morgan fingerprint density at radius 1 is 0.698 bits per heavy atom. The highest BCUT2D eigenvalue weighted by molar-refractivity contribution is 7.15. The fourth-order valence-electron chi connectivity index (χ4n) is 7.42. The number of carbonyl (C=O) groups is 4. The van der Waals surface area contributed by atoms with Crippen molar-refractivity contribution in [3.05, 3.63) is 161 Å². The predicted molar refractivity (Wildman–Crippen MR) is 246 cm³/mol. The Kier molecular flexibility index (Phi) is 14.8. The van der Waals surface area contributed by atoms with E-state index in [1.807, 2.05) is 97.1 Å². The van der Waals surface area contributed by atoms with Crippen LogP contribution in [0.15, 0.2) is 146 Å². The zero-order chi connectivity index (χ0) is 44.1. The topological polar surface area (TPSA) is 155 Å². The summed E-state index contributed by atoms with van der Waals surface area (Å²) in [4.78, 5) is 58.8. The number of thiophene rings is 1. The van der Waals surface area contributed by atoms with Crippen LogP contribution in [-0.2, 0) is 11.3 Å². The van der Waals surface area contributed by atoms with Gasteiger partial charge in [-0.3, -0.25) is 9.59 Å². The summed E-state index contributed by atoms with van der Waals surface area (Å²) in [6.45, 7) is 3.83. The molecule has 0 radical (unpaired) electrons. The highest BCUT2D eigenvalue weighted by Crippen LogP contribution is 2.38. The number of likely N-dealkylation sites (tertiary alicyclic amines) is 1. The lowest BCUT2D eigenvalue weighted by atomic mass is 10.0. The molecule has 0 bridgehead atoms. The van der Waals surface area contributed by atoms with Gasteiger partial charge in [0.15, 0.2) is 0 Å². The minimum absolute atomic E-state index is 0.175. The summed E-state index contributed by atoms with van der Waals surface area (Å²) < 4.78 is 6.20. The molecule has 0 atom stereocenters. The summed E-state index contributed by atoms with van der Waals surface area (Å²) in [5.41, 5.74) is 4.53. The van der Waals surface area contributed by atoms with E-state index in [1.54, 1.807) is 60.5 Å². The molecule has 1 aliphatic rings. The number of anilines is 2. The maximum atomic E-state index is 14.6. The number of piperidine rings is 1. The number of benzene rings is 5. The van der Waals surface area contributed by atoms with E-state index in [0.29, 0.717) is 90.9 Å². The van der Waals surface area contributed by atoms with Crippen molar-refractivity contribution in [3.8, 4) is 28.0 Å². The Balaban J connectivity index is 0.959. The lowest BCUT2D eigenvalue weighted by molar-refractivity contribution is 0.0504. The molecule has 324 valence electrons. The molecule has 7 rings (SSSR count). The van der Waals surface area contributed by atoms with Crippen molar-refractivity contribution < 1.29 is 34.1 Å². The highest BCUT2D eigenvalue weighted by Gasteiger charge is 2.36. The standard InChI is InChI=1S/C49H50N6O7S/c1-52(47(58)45-25-24-44(63-45)46(57)51-29-28-50-34-35-20-22-38(56)23-21-35)32-33-53-30-26-39(27-31-53)62-49(61)55(43-19-11-9-17-41(43)37-14-6-3-7-15-37)54(48(59)60)42-18-10-8-16-40(42)36-12-4-2-5-13-36/h2-25,39,50,56H,26-34H2,1H3,(H,51,57)(H,59,60). The fourth-order valence-corrected chi connectivity index (χ4v) is 8.34. The summed E-state index contributed by atoms with van der Waals surface area (Å²) >= 11 is 1.16. The van der Waals surface area contributed by atoms with E-state index >= 15 is 0 Å². The number of hydrogen-bond acceptors (Lipinski definition) is 9. The van der Waals surface area contributed by atoms with Crippen LogP contribution in [0.2, 0.25) is 0 Å². The molecule has 4 N–H and O–H groups in total. The van der Waals surface area contributed by atoms with Crippen molar-refractivity contribution in [1.82, 2.24) is 20.4 Å². The smallest absolute Gasteiger partial charge is 0.434 e. The van der Waals surface area contributed by atoms with E-state index in [1.165, 1.54) is 0 Å². The quantitative estimate of drug-likeness (QED) is 0.0587. The zero-order valence-corrected chi connectivity index (χ0v) is 35.7. The van der Waals surface area contributed by atoms with Gasteiger partial charge in [-0.1, -0.05) is 109 Å². The van der Waals surface area contributed by atoms with Gasteiger partial charge in [0.25, 0.3) is 11.8 Å². The molecule has 0 unspecified atom stereocenters. The fraction of sp³-hybridized carbons (Fsp3) is 0.224. The molecule has 1 saturated heterocycles. The van der Waals surface area contributed by atoms with Crippen LogP contribution in [0.4, 0.5) is 21.0 Å². The summed E-state index contributed by atoms with van der Waals surface area (Å²) in [6.07, 6.45) is -1.63. The molecule has 1 aromatic heterocycles. The van der Waals surface area contributed by atoms with E-state index in [4.69, 9.17) is 4.74 Å². The summed E-state index contributed by atoms with van der Waals surface area (Å²) in [7, 11) is 1.74. The molecule has 6 aromatic rings. The molecule has 0 saturated carbocycles. The van der Waals surface area contributed by atoms with Crippen molar-refractivity contribution in [1.29, 1.82) is 0 Å². The van der Waals surface area contributed by atoms with Crippen LogP contribution in [0.1, 0.15) is 37.7 Å². The van der Waals surface area contributed by atoms with Crippen LogP contribution in [0.5, 0.6) is 5.75 Å². The molecule has 1 fully saturated rings. The van der Waals surface area contributed by atoms with Crippen LogP contribution in [-0.4, -0.2) is 96.4 Å². The summed E-state index contributed by atoms with van der Waals surface area (Å²) in [6, 6.07) is 43.5.